The molecule has 0 atom stereocenters. The highest BCUT2D eigenvalue weighted by Gasteiger charge is 2.02. The Bertz CT molecular complexity index is 552. The number of rotatable bonds is 0. The van der Waals surface area contributed by atoms with Crippen LogP contribution in [0.4, 0.5) is 0 Å². The van der Waals surface area contributed by atoms with E-state index in [9.17, 15) is 9.59 Å². The minimum absolute atomic E-state index is 0.215. The molecule has 0 bridgehead atoms. The van der Waals surface area contributed by atoms with E-state index in [1.54, 1.807) is 23.9 Å². The maximum Gasteiger partial charge on any atom is 0.261 e. The van der Waals surface area contributed by atoms with Gasteiger partial charge < -0.3 is 9.55 Å². The lowest BCUT2D eigenvalue weighted by molar-refractivity contribution is 0.946. The summed E-state index contributed by atoms with van der Waals surface area (Å²) < 4.78 is 1.74. The summed E-state index contributed by atoms with van der Waals surface area (Å²) in [4.78, 5) is 25.1. The van der Waals surface area contributed by atoms with Crippen molar-refractivity contribution in [2.45, 2.75) is 0 Å². The first-order chi connectivity index (χ1) is 6.20. The van der Waals surface area contributed by atoms with Crippen LogP contribution in [0.1, 0.15) is 0 Å². The van der Waals surface area contributed by atoms with Gasteiger partial charge in [-0.15, -0.1) is 0 Å². The first-order valence-electron chi connectivity index (χ1n) is 3.87. The lowest BCUT2D eigenvalue weighted by atomic mass is 10.2. The molecule has 2 heterocycles. The molecule has 2 aromatic rings. The normalized spacial score (nSPS) is 10.5. The number of hydrogen-bond acceptors (Lipinski definition) is 2. The number of aromatic nitrogens is 2. The number of nitrogens with zero attached hydrogens (tertiary/aromatic N) is 1. The van der Waals surface area contributed by atoms with Crippen molar-refractivity contribution >= 4 is 10.9 Å². The third-order valence-electron chi connectivity index (χ3n) is 2.01. The quantitative estimate of drug-likeness (QED) is 0.624. The van der Waals surface area contributed by atoms with E-state index in [2.05, 4.69) is 4.98 Å². The molecule has 0 aliphatic carbocycles. The maximum absolute atomic E-state index is 11.3. The fourth-order valence-corrected chi connectivity index (χ4v) is 1.34. The summed E-state index contributed by atoms with van der Waals surface area (Å²) in [5, 5.41) is 0.215. The lowest BCUT2D eigenvalue weighted by Crippen LogP contribution is -2.17. The van der Waals surface area contributed by atoms with Crippen LogP contribution in [0.2, 0.25) is 0 Å². The van der Waals surface area contributed by atoms with Crippen molar-refractivity contribution in [3.63, 3.8) is 0 Å². The first kappa shape index (κ1) is 7.79. The van der Waals surface area contributed by atoms with E-state index in [0.29, 0.717) is 5.52 Å². The van der Waals surface area contributed by atoms with Gasteiger partial charge in [-0.1, -0.05) is 0 Å². The van der Waals surface area contributed by atoms with Gasteiger partial charge in [-0.2, -0.15) is 0 Å². The molecule has 0 aliphatic rings. The fourth-order valence-electron chi connectivity index (χ4n) is 1.34. The molecule has 66 valence electrons. The van der Waals surface area contributed by atoms with Crippen LogP contribution < -0.4 is 11.0 Å². The van der Waals surface area contributed by atoms with Gasteiger partial charge in [-0.25, -0.2) is 0 Å². The highest BCUT2D eigenvalue weighted by atomic mass is 16.1. The molecular formula is C9H8N2O2. The summed E-state index contributed by atoms with van der Waals surface area (Å²) in [5.41, 5.74) is 0.0740. The second kappa shape index (κ2) is 2.58. The first-order valence-corrected chi connectivity index (χ1v) is 3.87. The molecule has 1 N–H and O–H groups in total. The molecule has 2 aromatic heterocycles. The average Bonchev–Trinajstić information content (AvgIpc) is 2.12. The van der Waals surface area contributed by atoms with E-state index < -0.39 is 0 Å². The molecule has 0 radical (unpaired) electrons. The van der Waals surface area contributed by atoms with Gasteiger partial charge in [-0.3, -0.25) is 9.59 Å². The van der Waals surface area contributed by atoms with Gasteiger partial charge in [0.05, 0.1) is 5.52 Å². The Kier molecular flexibility index (Phi) is 1.55. The van der Waals surface area contributed by atoms with Crippen molar-refractivity contribution in [3.05, 3.63) is 45.1 Å². The number of hydrogen-bond donors (Lipinski definition) is 1. The average molecular weight is 176 g/mol. The molecule has 13 heavy (non-hydrogen) atoms. The van der Waals surface area contributed by atoms with E-state index in [4.69, 9.17) is 0 Å². The van der Waals surface area contributed by atoms with Crippen LogP contribution in [0.15, 0.2) is 34.1 Å². The summed E-state index contributed by atoms with van der Waals surface area (Å²) >= 11 is 0. The molecule has 0 unspecified atom stereocenters. The fraction of sp³-hybridized carbons (Fsp3) is 0.111. The molecule has 0 saturated carbocycles. The Hall–Kier alpha value is -1.84. The Balaban J connectivity index is 3.19. The number of nitrogens with one attached hydrogen (secondary N) is 1. The van der Waals surface area contributed by atoms with E-state index in [-0.39, 0.29) is 16.4 Å². The van der Waals surface area contributed by atoms with Crippen LogP contribution in [0.25, 0.3) is 10.9 Å². The largest absolute Gasteiger partial charge is 0.350 e. The van der Waals surface area contributed by atoms with Gasteiger partial charge in [0.15, 0.2) is 5.43 Å². The van der Waals surface area contributed by atoms with Crippen molar-refractivity contribution in [2.24, 2.45) is 7.05 Å². The molecule has 2 rings (SSSR count). The van der Waals surface area contributed by atoms with Crippen molar-refractivity contribution in [3.8, 4) is 0 Å². The van der Waals surface area contributed by atoms with Crippen LogP contribution in [0, 0.1) is 0 Å². The van der Waals surface area contributed by atoms with Gasteiger partial charge in [0.2, 0.25) is 0 Å². The SMILES string of the molecule is Cn1ccc(=O)c2c(=O)[nH]ccc21. The second-order valence-electron chi connectivity index (χ2n) is 2.86. The highest BCUT2D eigenvalue weighted by molar-refractivity contribution is 5.77. The minimum Gasteiger partial charge on any atom is -0.350 e. The van der Waals surface area contributed by atoms with Crippen LogP contribution in [-0.4, -0.2) is 9.55 Å². The third-order valence-corrected chi connectivity index (χ3v) is 2.01. The molecule has 0 saturated heterocycles. The van der Waals surface area contributed by atoms with Crippen molar-refractivity contribution < 1.29 is 0 Å². The number of aromatic amines is 1. The molecular weight excluding hydrogens is 168 g/mol. The van der Waals surface area contributed by atoms with Crippen molar-refractivity contribution in [1.29, 1.82) is 0 Å². The third kappa shape index (κ3) is 1.07. The molecule has 0 aromatic carbocycles. The van der Waals surface area contributed by atoms with Crippen LogP contribution in [0.5, 0.6) is 0 Å². The molecule has 4 heteroatoms. The Labute approximate surface area is 73.5 Å². The second-order valence-corrected chi connectivity index (χ2v) is 2.86. The van der Waals surface area contributed by atoms with Gasteiger partial charge in [0, 0.05) is 25.5 Å². The molecule has 0 aliphatic heterocycles. The summed E-state index contributed by atoms with van der Waals surface area (Å²) in [6, 6.07) is 3.09. The van der Waals surface area contributed by atoms with Crippen LogP contribution in [-0.2, 0) is 7.05 Å². The smallest absolute Gasteiger partial charge is 0.261 e. The number of H-pyrrole nitrogens is 1. The maximum atomic E-state index is 11.3. The highest BCUT2D eigenvalue weighted by Crippen LogP contribution is 2.01. The van der Waals surface area contributed by atoms with E-state index in [1.165, 1.54) is 12.3 Å². The van der Waals surface area contributed by atoms with Gasteiger partial charge in [0.25, 0.3) is 5.56 Å². The Morgan fingerprint density at radius 1 is 1.31 bits per heavy atom. The van der Waals surface area contributed by atoms with Gasteiger partial charge in [0.1, 0.15) is 5.39 Å². The molecule has 4 nitrogen and oxygen atoms in total. The zero-order chi connectivity index (χ0) is 9.42. The van der Waals surface area contributed by atoms with E-state index >= 15 is 0 Å². The van der Waals surface area contributed by atoms with Gasteiger partial charge in [-0.05, 0) is 6.07 Å². The summed E-state index contributed by atoms with van der Waals surface area (Å²) in [5.74, 6) is 0. The van der Waals surface area contributed by atoms with Crippen molar-refractivity contribution in [1.82, 2.24) is 9.55 Å². The zero-order valence-corrected chi connectivity index (χ0v) is 7.07. The zero-order valence-electron chi connectivity index (χ0n) is 7.07. The lowest BCUT2D eigenvalue weighted by Gasteiger charge is -2.01. The van der Waals surface area contributed by atoms with E-state index in [1.807, 2.05) is 0 Å². The molecule has 0 fully saturated rings. The topological polar surface area (TPSA) is 54.9 Å². The summed E-state index contributed by atoms with van der Waals surface area (Å²) in [6.07, 6.45) is 3.17. The van der Waals surface area contributed by atoms with Crippen molar-refractivity contribution in [2.75, 3.05) is 0 Å². The summed E-state index contributed by atoms with van der Waals surface area (Å²) in [7, 11) is 1.79. The number of pyridine rings is 2. The molecule has 0 spiro atoms. The van der Waals surface area contributed by atoms with Gasteiger partial charge >= 0.3 is 0 Å². The predicted octanol–water partition coefficient (Wildman–Crippen LogP) is 0.227. The standard InChI is InChI=1S/C9H8N2O2/c1-11-5-3-7(12)8-6(11)2-4-10-9(8)13/h2-5H,1H3,(H,10,13). The summed E-state index contributed by atoms with van der Waals surface area (Å²) in [6.45, 7) is 0. The number of fused-ring (bicyclic) bond motifs is 1. The van der Waals surface area contributed by atoms with Crippen LogP contribution >= 0.6 is 0 Å². The van der Waals surface area contributed by atoms with Crippen LogP contribution in [0.3, 0.4) is 0 Å². The molecule has 0 amide bonds. The van der Waals surface area contributed by atoms with E-state index in [0.717, 1.165) is 0 Å². The monoisotopic (exact) mass is 176 g/mol. The Morgan fingerprint density at radius 3 is 2.77 bits per heavy atom. The number of aryl methyl sites for hydroxylation is 1. The predicted molar refractivity (Wildman–Crippen MR) is 49.8 cm³/mol. The Morgan fingerprint density at radius 2 is 2.08 bits per heavy atom. The minimum atomic E-state index is -0.335.